The van der Waals surface area contributed by atoms with Crippen LogP contribution in [0.25, 0.3) is 0 Å². The van der Waals surface area contributed by atoms with Crippen LogP contribution in [0.3, 0.4) is 0 Å². The standard InChI is InChI=1S/C23H25N3O5/c1-15-21(16(2)31-25-15)13-29-20-7-5-6-17(12-20)23(28)24-18-8-10-19(11-9-18)30-14-22(27)26(3)4/h5-12H,13-14H2,1-4H3,(H,24,28). The van der Waals surface area contributed by atoms with Gasteiger partial charge in [-0.05, 0) is 56.3 Å². The molecule has 0 radical (unpaired) electrons. The Kier molecular flexibility index (Phi) is 6.92. The van der Waals surface area contributed by atoms with Crippen LogP contribution in [-0.4, -0.2) is 42.6 Å². The fourth-order valence-electron chi connectivity index (χ4n) is 2.70. The lowest BCUT2D eigenvalue weighted by Gasteiger charge is -2.12. The summed E-state index contributed by atoms with van der Waals surface area (Å²) in [4.78, 5) is 25.7. The maximum atomic E-state index is 12.6. The van der Waals surface area contributed by atoms with Crippen LogP contribution < -0.4 is 14.8 Å². The first-order valence-corrected chi connectivity index (χ1v) is 9.72. The number of carbonyl (C=O) groups excluding carboxylic acids is 2. The Balaban J connectivity index is 1.58. The van der Waals surface area contributed by atoms with Gasteiger partial charge in [-0.1, -0.05) is 11.2 Å². The number of nitrogens with one attached hydrogen (secondary N) is 1. The molecule has 0 saturated heterocycles. The van der Waals surface area contributed by atoms with E-state index >= 15 is 0 Å². The molecule has 0 saturated carbocycles. The van der Waals surface area contributed by atoms with Gasteiger partial charge >= 0.3 is 0 Å². The minimum atomic E-state index is -0.265. The van der Waals surface area contributed by atoms with E-state index in [0.717, 1.165) is 11.3 Å². The molecule has 0 aliphatic rings. The minimum absolute atomic E-state index is 0.0422. The van der Waals surface area contributed by atoms with Crippen molar-refractivity contribution in [2.75, 3.05) is 26.0 Å². The van der Waals surface area contributed by atoms with E-state index in [9.17, 15) is 9.59 Å². The number of carbonyl (C=O) groups is 2. The van der Waals surface area contributed by atoms with Gasteiger partial charge in [0.05, 0.1) is 11.3 Å². The van der Waals surface area contributed by atoms with Crippen molar-refractivity contribution in [3.63, 3.8) is 0 Å². The third-order valence-electron chi connectivity index (χ3n) is 4.63. The number of hydrogen-bond donors (Lipinski definition) is 1. The lowest BCUT2D eigenvalue weighted by atomic mass is 10.2. The third kappa shape index (κ3) is 5.85. The number of anilines is 1. The van der Waals surface area contributed by atoms with Crippen LogP contribution in [-0.2, 0) is 11.4 Å². The van der Waals surface area contributed by atoms with Gasteiger partial charge in [-0.15, -0.1) is 0 Å². The van der Waals surface area contributed by atoms with Crippen molar-refractivity contribution in [1.82, 2.24) is 10.1 Å². The molecule has 2 aromatic carbocycles. The predicted molar refractivity (Wildman–Crippen MR) is 115 cm³/mol. The van der Waals surface area contributed by atoms with E-state index in [4.69, 9.17) is 14.0 Å². The maximum Gasteiger partial charge on any atom is 0.259 e. The molecule has 2 amide bonds. The quantitative estimate of drug-likeness (QED) is 0.595. The molecule has 0 aliphatic heterocycles. The molecule has 0 spiro atoms. The Morgan fingerprint density at radius 1 is 1.03 bits per heavy atom. The molecule has 0 unspecified atom stereocenters. The highest BCUT2D eigenvalue weighted by atomic mass is 16.5. The van der Waals surface area contributed by atoms with Crippen molar-refractivity contribution in [2.24, 2.45) is 0 Å². The van der Waals surface area contributed by atoms with Crippen LogP contribution in [0, 0.1) is 13.8 Å². The molecular weight excluding hydrogens is 398 g/mol. The Labute approximate surface area is 180 Å². The van der Waals surface area contributed by atoms with Gasteiger partial charge in [0.15, 0.2) is 6.61 Å². The lowest BCUT2D eigenvalue weighted by molar-refractivity contribution is -0.130. The van der Waals surface area contributed by atoms with Crippen LogP contribution in [0.5, 0.6) is 11.5 Å². The average Bonchev–Trinajstić information content (AvgIpc) is 3.08. The fraction of sp³-hybridized carbons (Fsp3) is 0.261. The van der Waals surface area contributed by atoms with E-state index in [1.807, 2.05) is 13.8 Å². The largest absolute Gasteiger partial charge is 0.489 e. The van der Waals surface area contributed by atoms with Gasteiger partial charge in [0.25, 0.3) is 11.8 Å². The summed E-state index contributed by atoms with van der Waals surface area (Å²) in [6.07, 6.45) is 0. The summed E-state index contributed by atoms with van der Waals surface area (Å²) in [5.74, 6) is 1.43. The number of aromatic nitrogens is 1. The first kappa shape index (κ1) is 21.9. The molecule has 0 fully saturated rings. The first-order valence-electron chi connectivity index (χ1n) is 9.72. The summed E-state index contributed by atoms with van der Waals surface area (Å²) in [5, 5.41) is 6.74. The second-order valence-corrected chi connectivity index (χ2v) is 7.17. The Morgan fingerprint density at radius 3 is 2.42 bits per heavy atom. The molecule has 8 heteroatoms. The van der Waals surface area contributed by atoms with Crippen LogP contribution in [0.2, 0.25) is 0 Å². The molecule has 0 bridgehead atoms. The van der Waals surface area contributed by atoms with Crippen LogP contribution in [0.15, 0.2) is 53.1 Å². The highest BCUT2D eigenvalue weighted by molar-refractivity contribution is 6.04. The molecule has 0 aliphatic carbocycles. The van der Waals surface area contributed by atoms with Crippen molar-refractivity contribution in [3.05, 3.63) is 71.1 Å². The van der Waals surface area contributed by atoms with E-state index in [1.165, 1.54) is 4.90 Å². The van der Waals surface area contributed by atoms with E-state index < -0.39 is 0 Å². The van der Waals surface area contributed by atoms with Crippen LogP contribution in [0.1, 0.15) is 27.4 Å². The molecule has 3 aromatic rings. The molecular formula is C23H25N3O5. The van der Waals surface area contributed by atoms with Crippen LogP contribution >= 0.6 is 0 Å². The zero-order valence-electron chi connectivity index (χ0n) is 18.0. The predicted octanol–water partition coefficient (Wildman–Crippen LogP) is 3.59. The van der Waals surface area contributed by atoms with E-state index in [1.54, 1.807) is 62.6 Å². The van der Waals surface area contributed by atoms with Crippen molar-refractivity contribution >= 4 is 17.5 Å². The SMILES string of the molecule is Cc1noc(C)c1COc1cccc(C(=O)Nc2ccc(OCC(=O)N(C)C)cc2)c1. The van der Waals surface area contributed by atoms with E-state index in [2.05, 4.69) is 10.5 Å². The molecule has 0 atom stereocenters. The minimum Gasteiger partial charge on any atom is -0.489 e. The topological polar surface area (TPSA) is 93.9 Å². The highest BCUT2D eigenvalue weighted by Crippen LogP contribution is 2.20. The smallest absolute Gasteiger partial charge is 0.259 e. The van der Waals surface area contributed by atoms with Crippen molar-refractivity contribution < 1.29 is 23.6 Å². The summed E-state index contributed by atoms with van der Waals surface area (Å²) < 4.78 is 16.4. The zero-order chi connectivity index (χ0) is 22.4. The van der Waals surface area contributed by atoms with Crippen LogP contribution in [0.4, 0.5) is 5.69 Å². The average molecular weight is 423 g/mol. The van der Waals surface area contributed by atoms with Gasteiger partial charge in [0, 0.05) is 25.3 Å². The number of hydrogen-bond acceptors (Lipinski definition) is 6. The van der Waals surface area contributed by atoms with Gasteiger partial charge in [-0.25, -0.2) is 0 Å². The summed E-state index contributed by atoms with van der Waals surface area (Å²) in [7, 11) is 3.34. The monoisotopic (exact) mass is 423 g/mol. The maximum absolute atomic E-state index is 12.6. The first-order chi connectivity index (χ1) is 14.8. The number of ether oxygens (including phenoxy) is 2. The second-order valence-electron chi connectivity index (χ2n) is 7.17. The summed E-state index contributed by atoms with van der Waals surface area (Å²) in [5.41, 5.74) is 2.75. The second kappa shape index (κ2) is 9.80. The molecule has 1 N–H and O–H groups in total. The molecule has 1 aromatic heterocycles. The number of likely N-dealkylation sites (N-methyl/N-ethyl adjacent to an activating group) is 1. The van der Waals surface area contributed by atoms with E-state index in [0.29, 0.717) is 35.1 Å². The number of benzene rings is 2. The number of rotatable bonds is 8. The van der Waals surface area contributed by atoms with Gasteiger partial charge in [-0.3, -0.25) is 9.59 Å². The Hall–Kier alpha value is -3.81. The summed E-state index contributed by atoms with van der Waals surface area (Å²) in [6.45, 7) is 3.96. The Bertz CT molecular complexity index is 1040. The highest BCUT2D eigenvalue weighted by Gasteiger charge is 2.12. The van der Waals surface area contributed by atoms with Gasteiger partial charge < -0.3 is 24.2 Å². The molecule has 162 valence electrons. The Morgan fingerprint density at radius 2 is 1.77 bits per heavy atom. The number of nitrogens with zero attached hydrogens (tertiary/aromatic N) is 2. The number of aryl methyl sites for hydroxylation is 2. The van der Waals surface area contributed by atoms with Gasteiger partial charge in [0.1, 0.15) is 23.9 Å². The van der Waals surface area contributed by atoms with Gasteiger partial charge in [-0.2, -0.15) is 0 Å². The molecule has 1 heterocycles. The summed E-state index contributed by atoms with van der Waals surface area (Å²) >= 11 is 0. The fourth-order valence-corrected chi connectivity index (χ4v) is 2.70. The van der Waals surface area contributed by atoms with E-state index in [-0.39, 0.29) is 18.4 Å². The van der Waals surface area contributed by atoms with Crippen molar-refractivity contribution in [2.45, 2.75) is 20.5 Å². The third-order valence-corrected chi connectivity index (χ3v) is 4.63. The summed E-state index contributed by atoms with van der Waals surface area (Å²) in [6, 6.07) is 13.8. The number of amides is 2. The normalized spacial score (nSPS) is 10.5. The van der Waals surface area contributed by atoms with Gasteiger partial charge in [0.2, 0.25) is 0 Å². The molecule has 3 rings (SSSR count). The van der Waals surface area contributed by atoms with Crippen molar-refractivity contribution in [3.8, 4) is 11.5 Å². The lowest BCUT2D eigenvalue weighted by Crippen LogP contribution is -2.27. The molecule has 8 nitrogen and oxygen atoms in total. The van der Waals surface area contributed by atoms with Crippen molar-refractivity contribution in [1.29, 1.82) is 0 Å². The molecule has 31 heavy (non-hydrogen) atoms. The zero-order valence-corrected chi connectivity index (χ0v) is 18.0.